The maximum Gasteiger partial charge on any atom is 0.416 e. The minimum atomic E-state index is -4.50. The van der Waals surface area contributed by atoms with Gasteiger partial charge in [0, 0.05) is 0 Å². The predicted molar refractivity (Wildman–Crippen MR) is 82.8 cm³/mol. The molecular weight excluding hydrogens is 327 g/mol. The van der Waals surface area contributed by atoms with Gasteiger partial charge in [-0.25, -0.2) is 8.42 Å². The number of halogens is 3. The maximum absolute atomic E-state index is 12.5. The fraction of sp³-hybridized carbons (Fsp3) is 0.250. The lowest BCUT2D eigenvalue weighted by atomic mass is 10.1. The van der Waals surface area contributed by atoms with Gasteiger partial charge in [0.1, 0.15) is 0 Å². The molecule has 0 bridgehead atoms. The highest BCUT2D eigenvalue weighted by Gasteiger charge is 2.30. The van der Waals surface area contributed by atoms with Gasteiger partial charge in [-0.2, -0.15) is 13.2 Å². The molecule has 0 heterocycles. The zero-order valence-electron chi connectivity index (χ0n) is 12.6. The van der Waals surface area contributed by atoms with E-state index in [1.807, 2.05) is 13.0 Å². The molecule has 124 valence electrons. The van der Waals surface area contributed by atoms with Crippen molar-refractivity contribution in [2.24, 2.45) is 0 Å². The first-order valence-electron chi connectivity index (χ1n) is 6.93. The van der Waals surface area contributed by atoms with E-state index in [1.54, 1.807) is 19.1 Å². The average Bonchev–Trinajstić information content (AvgIpc) is 2.48. The van der Waals surface area contributed by atoms with Crippen molar-refractivity contribution in [1.29, 1.82) is 0 Å². The number of nitrogens with one attached hydrogen (secondary N) is 1. The van der Waals surface area contributed by atoms with E-state index in [2.05, 4.69) is 4.72 Å². The summed E-state index contributed by atoms with van der Waals surface area (Å²) >= 11 is 0. The fourth-order valence-electron chi connectivity index (χ4n) is 2.09. The van der Waals surface area contributed by atoms with Gasteiger partial charge in [-0.1, -0.05) is 19.1 Å². The summed E-state index contributed by atoms with van der Waals surface area (Å²) in [6.07, 6.45) is -3.67. The minimum absolute atomic E-state index is 0.218. The molecule has 0 saturated heterocycles. The van der Waals surface area contributed by atoms with Crippen molar-refractivity contribution in [3.05, 3.63) is 59.2 Å². The highest BCUT2D eigenvalue weighted by molar-refractivity contribution is 7.92. The first-order chi connectivity index (χ1) is 10.6. The number of hydrogen-bond acceptors (Lipinski definition) is 2. The van der Waals surface area contributed by atoms with Crippen molar-refractivity contribution >= 4 is 15.7 Å². The number of rotatable bonds is 4. The molecule has 0 aliphatic rings. The number of sulfonamides is 1. The molecular formula is C16H16F3NO2S. The molecule has 2 aromatic rings. The van der Waals surface area contributed by atoms with Crippen LogP contribution >= 0.6 is 0 Å². The Kier molecular flexibility index (Phi) is 4.70. The Morgan fingerprint density at radius 3 is 2.13 bits per heavy atom. The standard InChI is InChI=1S/C16H16F3NO2S/c1-3-12-4-9-15(11(2)10-12)20-23(21,22)14-7-5-13(6-8-14)16(17,18)19/h4-10,20H,3H2,1-2H3. The molecule has 0 radical (unpaired) electrons. The van der Waals surface area contributed by atoms with E-state index in [-0.39, 0.29) is 4.90 Å². The summed E-state index contributed by atoms with van der Waals surface area (Å²) in [4.78, 5) is -0.218. The van der Waals surface area contributed by atoms with Crippen LogP contribution in [0, 0.1) is 6.92 Å². The van der Waals surface area contributed by atoms with Gasteiger partial charge in [-0.15, -0.1) is 0 Å². The Hall–Kier alpha value is -2.02. The van der Waals surface area contributed by atoms with Crippen LogP contribution in [0.3, 0.4) is 0 Å². The van der Waals surface area contributed by atoms with Crippen LogP contribution in [0.4, 0.5) is 18.9 Å². The monoisotopic (exact) mass is 343 g/mol. The minimum Gasteiger partial charge on any atom is -0.279 e. The summed E-state index contributed by atoms with van der Waals surface area (Å²) in [7, 11) is -3.94. The number of hydrogen-bond donors (Lipinski definition) is 1. The van der Waals surface area contributed by atoms with Crippen LogP contribution in [0.2, 0.25) is 0 Å². The van der Waals surface area contributed by atoms with Crippen molar-refractivity contribution in [2.45, 2.75) is 31.3 Å². The van der Waals surface area contributed by atoms with E-state index in [0.717, 1.165) is 41.8 Å². The molecule has 0 aromatic heterocycles. The van der Waals surface area contributed by atoms with Gasteiger partial charge in [0.15, 0.2) is 0 Å². The summed E-state index contributed by atoms with van der Waals surface area (Å²) in [5, 5.41) is 0. The topological polar surface area (TPSA) is 46.2 Å². The Morgan fingerprint density at radius 2 is 1.65 bits per heavy atom. The van der Waals surface area contributed by atoms with Gasteiger partial charge in [0.05, 0.1) is 16.1 Å². The van der Waals surface area contributed by atoms with Crippen LogP contribution in [-0.2, 0) is 22.6 Å². The quantitative estimate of drug-likeness (QED) is 0.896. The molecule has 0 fully saturated rings. The predicted octanol–water partition coefficient (Wildman–Crippen LogP) is 4.38. The lowest BCUT2D eigenvalue weighted by molar-refractivity contribution is -0.137. The molecule has 0 unspecified atom stereocenters. The normalized spacial score (nSPS) is 12.2. The van der Waals surface area contributed by atoms with Crippen molar-refractivity contribution < 1.29 is 21.6 Å². The molecule has 0 saturated carbocycles. The summed E-state index contributed by atoms with van der Waals surface area (Å²) in [6.45, 7) is 3.75. The van der Waals surface area contributed by atoms with Crippen LogP contribution in [0.5, 0.6) is 0 Å². The average molecular weight is 343 g/mol. The Morgan fingerprint density at radius 1 is 1.04 bits per heavy atom. The molecule has 0 spiro atoms. The molecule has 3 nitrogen and oxygen atoms in total. The highest BCUT2D eigenvalue weighted by Crippen LogP contribution is 2.30. The lowest BCUT2D eigenvalue weighted by Gasteiger charge is -2.12. The van der Waals surface area contributed by atoms with Gasteiger partial charge in [0.25, 0.3) is 10.0 Å². The van der Waals surface area contributed by atoms with E-state index in [0.29, 0.717) is 5.69 Å². The second kappa shape index (κ2) is 6.23. The van der Waals surface area contributed by atoms with Crippen molar-refractivity contribution in [3.63, 3.8) is 0 Å². The van der Waals surface area contributed by atoms with Crippen LogP contribution in [0.15, 0.2) is 47.4 Å². The van der Waals surface area contributed by atoms with E-state index in [4.69, 9.17) is 0 Å². The third kappa shape index (κ3) is 4.04. The van der Waals surface area contributed by atoms with Crippen molar-refractivity contribution in [2.75, 3.05) is 4.72 Å². The SMILES string of the molecule is CCc1ccc(NS(=O)(=O)c2ccc(C(F)(F)F)cc2)c(C)c1. The van der Waals surface area contributed by atoms with Gasteiger partial charge in [-0.05, 0) is 54.8 Å². The smallest absolute Gasteiger partial charge is 0.279 e. The molecule has 2 aromatic carbocycles. The highest BCUT2D eigenvalue weighted by atomic mass is 32.2. The van der Waals surface area contributed by atoms with Crippen molar-refractivity contribution in [3.8, 4) is 0 Å². The zero-order chi connectivity index (χ0) is 17.3. The molecule has 23 heavy (non-hydrogen) atoms. The summed E-state index contributed by atoms with van der Waals surface area (Å²) in [5.41, 5.74) is 1.34. The second-order valence-corrected chi connectivity index (χ2v) is 6.81. The Bertz CT molecular complexity index is 797. The molecule has 2 rings (SSSR count). The largest absolute Gasteiger partial charge is 0.416 e. The van der Waals surface area contributed by atoms with Crippen LogP contribution in [0.25, 0.3) is 0 Å². The third-order valence-corrected chi connectivity index (χ3v) is 4.82. The molecule has 0 atom stereocenters. The van der Waals surface area contributed by atoms with Crippen LogP contribution in [-0.4, -0.2) is 8.42 Å². The lowest BCUT2D eigenvalue weighted by Crippen LogP contribution is -2.14. The van der Waals surface area contributed by atoms with E-state index in [1.165, 1.54) is 0 Å². The first kappa shape index (κ1) is 17.3. The first-order valence-corrected chi connectivity index (χ1v) is 8.41. The number of aryl methyl sites for hydroxylation is 2. The van der Waals surface area contributed by atoms with Gasteiger partial charge in [0.2, 0.25) is 0 Å². The van der Waals surface area contributed by atoms with Crippen LogP contribution < -0.4 is 4.72 Å². The van der Waals surface area contributed by atoms with Crippen molar-refractivity contribution in [1.82, 2.24) is 0 Å². The third-order valence-electron chi connectivity index (χ3n) is 3.44. The summed E-state index contributed by atoms with van der Waals surface area (Å²) < 4.78 is 64.5. The summed E-state index contributed by atoms with van der Waals surface area (Å²) in [6, 6.07) is 8.71. The summed E-state index contributed by atoms with van der Waals surface area (Å²) in [5.74, 6) is 0. The van der Waals surface area contributed by atoms with Gasteiger partial charge < -0.3 is 0 Å². The van der Waals surface area contributed by atoms with E-state index >= 15 is 0 Å². The number of anilines is 1. The Balaban J connectivity index is 2.29. The Labute approximate surface area is 133 Å². The van der Waals surface area contributed by atoms with Crippen LogP contribution in [0.1, 0.15) is 23.6 Å². The van der Waals surface area contributed by atoms with E-state index in [9.17, 15) is 21.6 Å². The van der Waals surface area contributed by atoms with Gasteiger partial charge >= 0.3 is 6.18 Å². The van der Waals surface area contributed by atoms with Gasteiger partial charge in [-0.3, -0.25) is 4.72 Å². The molecule has 0 aliphatic carbocycles. The number of alkyl halides is 3. The zero-order valence-corrected chi connectivity index (χ0v) is 13.4. The molecule has 7 heteroatoms. The van der Waals surface area contributed by atoms with E-state index < -0.39 is 21.8 Å². The second-order valence-electron chi connectivity index (χ2n) is 5.13. The number of benzene rings is 2. The fourth-order valence-corrected chi connectivity index (χ4v) is 3.22. The molecule has 0 amide bonds. The molecule has 1 N–H and O–H groups in total. The molecule has 0 aliphatic heterocycles. The maximum atomic E-state index is 12.5.